The summed E-state index contributed by atoms with van der Waals surface area (Å²) in [6.45, 7) is 7.64. The lowest BCUT2D eigenvalue weighted by atomic mass is 9.97. The molecular formula is C29H37N5O5S2. The van der Waals surface area contributed by atoms with E-state index >= 15 is 0 Å². The zero-order valence-corrected chi connectivity index (χ0v) is 25.7. The Hall–Kier alpha value is -3.38. The number of aryl methyl sites for hydroxylation is 1. The fraction of sp³-hybridized carbons (Fsp3) is 0.483. The Morgan fingerprint density at radius 3 is 2.39 bits per heavy atom. The molecule has 10 nitrogen and oxygen atoms in total. The molecule has 4 heterocycles. The second-order valence-corrected chi connectivity index (χ2v) is 14.2. The van der Waals surface area contributed by atoms with Crippen LogP contribution in [-0.2, 0) is 21.3 Å². The van der Waals surface area contributed by atoms with Crippen LogP contribution in [0.2, 0.25) is 0 Å². The number of hydrogen-bond donors (Lipinski definition) is 1. The number of sulfonamides is 1. The highest BCUT2D eigenvalue weighted by atomic mass is 32.2. The van der Waals surface area contributed by atoms with Crippen molar-refractivity contribution in [3.8, 4) is 5.75 Å². The molecular weight excluding hydrogens is 562 g/mol. The molecule has 2 fully saturated rings. The van der Waals surface area contributed by atoms with Gasteiger partial charge >= 0.3 is 6.09 Å². The number of benzene rings is 1. The van der Waals surface area contributed by atoms with E-state index in [2.05, 4.69) is 15.3 Å². The number of nitrogens with zero attached hydrogens (tertiary/aromatic N) is 4. The SMILES string of the molecule is COc1ccc(CN(c2cscn2)S(=O)(=O)c2cc(C)c(N[C@H]3C[C@H]4CC[C@@H](C3)N4C(=O)OC(C)(C)C)cn2)cc1. The van der Waals surface area contributed by atoms with Gasteiger partial charge < -0.3 is 19.7 Å². The third-order valence-electron chi connectivity index (χ3n) is 7.50. The van der Waals surface area contributed by atoms with Gasteiger partial charge in [0.1, 0.15) is 11.4 Å². The van der Waals surface area contributed by atoms with Gasteiger partial charge in [0.25, 0.3) is 10.0 Å². The van der Waals surface area contributed by atoms with Crippen LogP contribution in [0.5, 0.6) is 5.75 Å². The minimum Gasteiger partial charge on any atom is -0.497 e. The Morgan fingerprint density at radius 1 is 1.15 bits per heavy atom. The van der Waals surface area contributed by atoms with Crippen molar-refractivity contribution in [1.29, 1.82) is 0 Å². The van der Waals surface area contributed by atoms with E-state index in [-0.39, 0.29) is 35.8 Å². The van der Waals surface area contributed by atoms with Crippen LogP contribution in [0.1, 0.15) is 57.6 Å². The van der Waals surface area contributed by atoms with Gasteiger partial charge in [0.15, 0.2) is 10.8 Å². The van der Waals surface area contributed by atoms with Gasteiger partial charge in [0.05, 0.1) is 31.0 Å². The largest absolute Gasteiger partial charge is 0.497 e. The molecule has 41 heavy (non-hydrogen) atoms. The Kier molecular flexibility index (Phi) is 8.15. The molecule has 0 radical (unpaired) electrons. The fourth-order valence-corrected chi connectivity index (χ4v) is 7.59. The minimum atomic E-state index is -4.00. The van der Waals surface area contributed by atoms with Gasteiger partial charge in [0, 0.05) is 23.5 Å². The fourth-order valence-electron chi connectivity index (χ4n) is 5.58. The lowest BCUT2D eigenvalue weighted by Crippen LogP contribution is -2.51. The van der Waals surface area contributed by atoms with Gasteiger partial charge in [-0.1, -0.05) is 12.1 Å². The summed E-state index contributed by atoms with van der Waals surface area (Å²) in [7, 11) is -2.41. The number of fused-ring (bicyclic) bond motifs is 2. The average Bonchev–Trinajstić information content (AvgIpc) is 3.54. The smallest absolute Gasteiger partial charge is 0.410 e. The number of carbonyl (C=O) groups is 1. The summed E-state index contributed by atoms with van der Waals surface area (Å²) >= 11 is 1.33. The number of ether oxygens (including phenoxy) is 2. The van der Waals surface area contributed by atoms with Gasteiger partial charge in [-0.25, -0.2) is 19.1 Å². The van der Waals surface area contributed by atoms with Gasteiger partial charge in [0.2, 0.25) is 0 Å². The quantitative estimate of drug-likeness (QED) is 0.356. The molecule has 2 aliphatic heterocycles. The van der Waals surface area contributed by atoms with Crippen molar-refractivity contribution in [3.63, 3.8) is 0 Å². The summed E-state index contributed by atoms with van der Waals surface area (Å²) in [5.74, 6) is 1.04. The summed E-state index contributed by atoms with van der Waals surface area (Å²) in [5.41, 5.74) is 3.45. The van der Waals surface area contributed by atoms with E-state index in [1.807, 2.05) is 44.7 Å². The van der Waals surface area contributed by atoms with E-state index in [0.29, 0.717) is 11.6 Å². The van der Waals surface area contributed by atoms with E-state index in [0.717, 1.165) is 42.5 Å². The second kappa shape index (κ2) is 11.5. The van der Waals surface area contributed by atoms with Crippen LogP contribution in [0, 0.1) is 6.92 Å². The first kappa shape index (κ1) is 29.1. The standard InChI is InChI=1S/C29H37N5O5S2/c1-19-12-27(41(36,37)33(26-17-40-18-31-26)16-20-6-10-24(38-5)11-7-20)30-15-25(19)32-21-13-22-8-9-23(14-21)34(22)28(35)39-29(2,3)4/h6-7,10-12,15,17-18,21-23,32H,8-9,13-14,16H2,1-5H3/t21-,22+,23-. The number of pyridine rings is 1. The van der Waals surface area contributed by atoms with E-state index in [1.54, 1.807) is 42.4 Å². The summed E-state index contributed by atoms with van der Waals surface area (Å²) < 4.78 is 39.8. The topological polar surface area (TPSA) is 114 Å². The monoisotopic (exact) mass is 599 g/mol. The van der Waals surface area contributed by atoms with Crippen LogP contribution in [0.3, 0.4) is 0 Å². The molecule has 2 saturated heterocycles. The Bertz CT molecular complexity index is 1460. The maximum atomic E-state index is 13.8. The van der Waals surface area contributed by atoms with Gasteiger partial charge in [-0.2, -0.15) is 8.42 Å². The third kappa shape index (κ3) is 6.43. The van der Waals surface area contributed by atoms with Crippen LogP contribution in [-0.4, -0.2) is 60.2 Å². The maximum Gasteiger partial charge on any atom is 0.410 e. The average molecular weight is 600 g/mol. The molecule has 3 atom stereocenters. The molecule has 5 rings (SSSR count). The van der Waals surface area contributed by atoms with Crippen molar-refractivity contribution in [2.24, 2.45) is 0 Å². The Labute approximate surface area is 245 Å². The number of thiazole rings is 1. The van der Waals surface area contributed by atoms with Crippen LogP contribution in [0.15, 0.2) is 52.4 Å². The molecule has 1 amide bonds. The summed E-state index contributed by atoms with van der Waals surface area (Å²) in [5, 5.41) is 5.24. The molecule has 2 aromatic heterocycles. The molecule has 220 valence electrons. The van der Waals surface area contributed by atoms with Crippen molar-refractivity contribution >= 4 is 39.0 Å². The van der Waals surface area contributed by atoms with Gasteiger partial charge in [-0.15, -0.1) is 11.3 Å². The van der Waals surface area contributed by atoms with Crippen LogP contribution < -0.4 is 14.4 Å². The molecule has 1 aromatic carbocycles. The molecule has 0 unspecified atom stereocenters. The van der Waals surface area contributed by atoms with Crippen LogP contribution in [0.4, 0.5) is 16.3 Å². The number of amides is 1. The summed E-state index contributed by atoms with van der Waals surface area (Å²) in [6.07, 6.45) is 4.87. The third-order valence-corrected chi connectivity index (χ3v) is 9.72. The maximum absolute atomic E-state index is 13.8. The van der Waals surface area contributed by atoms with Crippen molar-refractivity contribution in [1.82, 2.24) is 14.9 Å². The van der Waals surface area contributed by atoms with Crippen molar-refractivity contribution in [2.45, 2.75) is 88.7 Å². The Morgan fingerprint density at radius 2 is 1.83 bits per heavy atom. The zero-order valence-electron chi connectivity index (χ0n) is 24.0. The summed E-state index contributed by atoms with van der Waals surface area (Å²) in [6, 6.07) is 9.27. The molecule has 0 spiro atoms. The Balaban J connectivity index is 1.31. The zero-order chi connectivity index (χ0) is 29.4. The first-order valence-corrected chi connectivity index (χ1v) is 16.1. The van der Waals surface area contributed by atoms with Crippen molar-refractivity contribution in [3.05, 3.63) is 58.5 Å². The highest BCUT2D eigenvalue weighted by Crippen LogP contribution is 2.38. The molecule has 12 heteroatoms. The van der Waals surface area contributed by atoms with Crippen LogP contribution in [0.25, 0.3) is 0 Å². The van der Waals surface area contributed by atoms with Crippen molar-refractivity contribution < 1.29 is 22.7 Å². The molecule has 2 aliphatic rings. The van der Waals surface area contributed by atoms with E-state index in [9.17, 15) is 13.2 Å². The molecule has 0 aliphatic carbocycles. The summed E-state index contributed by atoms with van der Waals surface area (Å²) in [4.78, 5) is 23.4. The minimum absolute atomic E-state index is 0.0399. The van der Waals surface area contributed by atoms with Gasteiger partial charge in [-0.3, -0.25) is 0 Å². The molecule has 1 N–H and O–H groups in total. The predicted molar refractivity (Wildman–Crippen MR) is 159 cm³/mol. The normalized spacial score (nSPS) is 20.5. The van der Waals surface area contributed by atoms with E-state index in [1.165, 1.54) is 15.6 Å². The number of piperidine rings is 1. The number of carbonyl (C=O) groups excluding carboxylic acids is 1. The highest BCUT2D eigenvalue weighted by molar-refractivity contribution is 7.92. The molecule has 2 bridgehead atoms. The lowest BCUT2D eigenvalue weighted by molar-refractivity contribution is 0.00682. The van der Waals surface area contributed by atoms with E-state index in [4.69, 9.17) is 9.47 Å². The predicted octanol–water partition coefficient (Wildman–Crippen LogP) is 5.59. The first-order chi connectivity index (χ1) is 19.4. The molecule has 3 aromatic rings. The first-order valence-electron chi connectivity index (χ1n) is 13.7. The second-order valence-electron chi connectivity index (χ2n) is 11.6. The van der Waals surface area contributed by atoms with E-state index < -0.39 is 15.6 Å². The number of aromatic nitrogens is 2. The number of hydrogen-bond acceptors (Lipinski definition) is 9. The lowest BCUT2D eigenvalue weighted by Gasteiger charge is -2.40. The van der Waals surface area contributed by atoms with Crippen molar-refractivity contribution in [2.75, 3.05) is 16.7 Å². The van der Waals surface area contributed by atoms with Gasteiger partial charge in [-0.05, 0) is 82.7 Å². The highest BCUT2D eigenvalue weighted by Gasteiger charge is 2.45. The number of anilines is 2. The number of rotatable bonds is 8. The molecule has 0 saturated carbocycles. The number of methoxy groups -OCH3 is 1. The number of nitrogens with one attached hydrogen (secondary N) is 1. The van der Waals surface area contributed by atoms with Crippen LogP contribution >= 0.6 is 11.3 Å².